The molecule has 2 atom stereocenters. The summed E-state index contributed by atoms with van der Waals surface area (Å²) in [6, 6.07) is 0. The summed E-state index contributed by atoms with van der Waals surface area (Å²) >= 11 is 0. The van der Waals surface area contributed by atoms with Crippen molar-refractivity contribution >= 4 is 23.9 Å². The molecule has 0 saturated heterocycles. The number of aromatic amines is 1. The van der Waals surface area contributed by atoms with Gasteiger partial charge < -0.3 is 44.0 Å². The van der Waals surface area contributed by atoms with Crippen molar-refractivity contribution in [3.63, 3.8) is 0 Å². The minimum absolute atomic E-state index is 0.0394. The molecular weight excluding hydrogens is 961 g/mol. The highest BCUT2D eigenvalue weighted by Crippen LogP contribution is 2.23. The minimum Gasteiger partial charge on any atom is -0.466 e. The van der Waals surface area contributed by atoms with E-state index in [2.05, 4.69) is 48.3 Å². The van der Waals surface area contributed by atoms with Crippen molar-refractivity contribution in [2.24, 2.45) is 0 Å². The zero-order valence-corrected chi connectivity index (χ0v) is 49.6. The maximum Gasteiger partial charge on any atom is 0.409 e. The van der Waals surface area contributed by atoms with Gasteiger partial charge in [0.2, 0.25) is 5.79 Å². The molecule has 0 spiro atoms. The van der Waals surface area contributed by atoms with Crippen LogP contribution in [0.5, 0.6) is 0 Å². The lowest BCUT2D eigenvalue weighted by Gasteiger charge is -2.31. The van der Waals surface area contributed by atoms with Crippen LogP contribution < -0.4 is 10.6 Å². The molecule has 14 heteroatoms. The topological polar surface area (TPSA) is 176 Å². The molecule has 1 aromatic rings. The number of hydrogen-bond acceptors (Lipinski definition) is 11. The molecule has 14 nitrogen and oxygen atoms in total. The van der Waals surface area contributed by atoms with Crippen LogP contribution in [-0.4, -0.2) is 98.0 Å². The number of nitrogens with zero attached hydrogens (tertiary/aromatic N) is 1. The van der Waals surface area contributed by atoms with Gasteiger partial charge in [0.05, 0.1) is 38.9 Å². The molecule has 76 heavy (non-hydrogen) atoms. The van der Waals surface area contributed by atoms with Crippen molar-refractivity contribution in [2.45, 2.75) is 309 Å². The summed E-state index contributed by atoms with van der Waals surface area (Å²) in [7, 11) is 0. The second kappa shape index (κ2) is 52.5. The monoisotopic (exact) mass is 1080 g/mol. The first kappa shape index (κ1) is 70.8. The van der Waals surface area contributed by atoms with E-state index in [9.17, 15) is 19.2 Å². The number of esters is 2. The van der Waals surface area contributed by atoms with E-state index in [-0.39, 0.29) is 56.4 Å². The molecule has 2 unspecified atom stereocenters. The molecule has 3 N–H and O–H groups in total. The van der Waals surface area contributed by atoms with Crippen LogP contribution in [-0.2, 0) is 38.0 Å². The largest absolute Gasteiger partial charge is 0.466 e. The van der Waals surface area contributed by atoms with E-state index in [4.69, 9.17) is 28.4 Å². The first-order chi connectivity index (χ1) is 37.2. The maximum atomic E-state index is 13.2. The maximum absolute atomic E-state index is 13.2. The highest BCUT2D eigenvalue weighted by Gasteiger charge is 2.32. The second-order valence-electron chi connectivity index (χ2n) is 21.6. The normalized spacial score (nSPS) is 12.7. The van der Waals surface area contributed by atoms with Crippen molar-refractivity contribution in [3.05, 3.63) is 18.2 Å². The van der Waals surface area contributed by atoms with E-state index in [1.54, 1.807) is 6.92 Å². The van der Waals surface area contributed by atoms with Crippen molar-refractivity contribution in [2.75, 3.05) is 46.1 Å². The van der Waals surface area contributed by atoms with Crippen LogP contribution in [0, 0.1) is 0 Å². The highest BCUT2D eigenvalue weighted by molar-refractivity contribution is 5.91. The van der Waals surface area contributed by atoms with Gasteiger partial charge in [-0.25, -0.2) is 9.78 Å². The number of imidazole rings is 1. The fourth-order valence-electron chi connectivity index (χ4n) is 9.42. The number of rotatable bonds is 57. The van der Waals surface area contributed by atoms with Gasteiger partial charge in [0.25, 0.3) is 5.91 Å². The minimum atomic E-state index is -1.34. The predicted octanol–water partition coefficient (Wildman–Crippen LogP) is 16.1. The van der Waals surface area contributed by atoms with Gasteiger partial charge in [0.15, 0.2) is 0 Å². The Morgan fingerprint density at radius 2 is 0.947 bits per heavy atom. The van der Waals surface area contributed by atoms with Gasteiger partial charge in [-0.15, -0.1) is 0 Å². The van der Waals surface area contributed by atoms with Gasteiger partial charge >= 0.3 is 18.0 Å². The van der Waals surface area contributed by atoms with Crippen LogP contribution in [0.4, 0.5) is 4.79 Å². The van der Waals surface area contributed by atoms with Gasteiger partial charge in [0.1, 0.15) is 18.4 Å². The average molecular weight is 1080 g/mol. The van der Waals surface area contributed by atoms with Crippen LogP contribution >= 0.6 is 0 Å². The van der Waals surface area contributed by atoms with Crippen LogP contribution in [0.1, 0.15) is 302 Å². The molecule has 0 fully saturated rings. The van der Waals surface area contributed by atoms with E-state index in [0.717, 1.165) is 109 Å². The lowest BCUT2D eigenvalue weighted by Crippen LogP contribution is -2.44. The third kappa shape index (κ3) is 44.7. The fourth-order valence-corrected chi connectivity index (χ4v) is 9.42. The Kier molecular flexibility index (Phi) is 48.9. The number of aromatic nitrogens is 2. The first-order valence-corrected chi connectivity index (χ1v) is 31.6. The molecular formula is C62H116N4O10. The number of amides is 2. The summed E-state index contributed by atoms with van der Waals surface area (Å²) in [6.07, 6.45) is 45.7. The Balaban J connectivity index is 2.76. The molecule has 0 bridgehead atoms. The van der Waals surface area contributed by atoms with Crippen LogP contribution in [0.15, 0.2) is 12.5 Å². The standard InChI is InChI=1S/C62H116N4O10/c1-6-10-14-18-22-23-28-32-40-55(41-36-37-44-58(67)72-48-38-30-24-19-15-11-7-2)73-53-62(5,76-61(70)65-47-51-71-50-46-64-60(69)57-52-63-54-66-57)74-49-39-31-25-29-35-45-59(68)75-56(42-33-26-20-16-12-8-3)43-34-27-21-17-13-9-4/h52,54-56H,6-51,53H2,1-5H3,(H,63,66)(H,64,69)(H,65,70). The quantitative estimate of drug-likeness (QED) is 0.0245. The van der Waals surface area contributed by atoms with Crippen molar-refractivity contribution in [1.82, 2.24) is 20.6 Å². The molecule has 0 radical (unpaired) electrons. The van der Waals surface area contributed by atoms with E-state index >= 15 is 0 Å². The molecule has 0 aromatic carbocycles. The van der Waals surface area contributed by atoms with Crippen LogP contribution in [0.3, 0.4) is 0 Å². The van der Waals surface area contributed by atoms with Crippen molar-refractivity contribution in [1.29, 1.82) is 0 Å². The molecule has 2 amide bonds. The van der Waals surface area contributed by atoms with Gasteiger partial charge in [-0.2, -0.15) is 0 Å². The van der Waals surface area contributed by atoms with Gasteiger partial charge in [-0.3, -0.25) is 14.4 Å². The van der Waals surface area contributed by atoms with Crippen LogP contribution in [0.25, 0.3) is 0 Å². The molecule has 0 aliphatic heterocycles. The number of alkyl carbamates (subject to hydrolysis) is 1. The zero-order valence-electron chi connectivity index (χ0n) is 49.6. The third-order valence-electron chi connectivity index (χ3n) is 14.2. The summed E-state index contributed by atoms with van der Waals surface area (Å²) in [5.74, 6) is -1.82. The van der Waals surface area contributed by atoms with Crippen molar-refractivity contribution in [3.8, 4) is 0 Å². The number of hydrogen-bond donors (Lipinski definition) is 3. The fraction of sp³-hybridized carbons (Fsp3) is 0.887. The summed E-state index contributed by atoms with van der Waals surface area (Å²) < 4.78 is 36.2. The highest BCUT2D eigenvalue weighted by atomic mass is 16.7. The number of ether oxygens (including phenoxy) is 6. The van der Waals surface area contributed by atoms with E-state index in [1.165, 1.54) is 147 Å². The molecule has 1 aromatic heterocycles. The molecule has 444 valence electrons. The number of carbonyl (C=O) groups is 4. The zero-order chi connectivity index (χ0) is 55.3. The van der Waals surface area contributed by atoms with Gasteiger partial charge in [0, 0.05) is 39.1 Å². The Morgan fingerprint density at radius 3 is 1.47 bits per heavy atom. The van der Waals surface area contributed by atoms with Gasteiger partial charge in [-0.05, 0) is 64.2 Å². The number of unbranched alkanes of at least 4 members (excludes halogenated alkanes) is 28. The predicted molar refractivity (Wildman–Crippen MR) is 309 cm³/mol. The van der Waals surface area contributed by atoms with E-state index in [0.29, 0.717) is 38.3 Å². The number of carbonyl (C=O) groups excluding carboxylic acids is 4. The molecule has 1 heterocycles. The summed E-state index contributed by atoms with van der Waals surface area (Å²) in [5.41, 5.74) is 0.305. The average Bonchev–Trinajstić information content (AvgIpc) is 3.96. The van der Waals surface area contributed by atoms with E-state index in [1.807, 2.05) is 0 Å². The van der Waals surface area contributed by atoms with Gasteiger partial charge in [-0.1, -0.05) is 207 Å². The smallest absolute Gasteiger partial charge is 0.409 e. The Bertz CT molecular complexity index is 1450. The molecule has 0 aliphatic rings. The Labute approximate surface area is 464 Å². The molecule has 1 rings (SSSR count). The summed E-state index contributed by atoms with van der Waals surface area (Å²) in [6.45, 7) is 12.7. The second-order valence-corrected chi connectivity index (χ2v) is 21.6. The molecule has 0 saturated carbocycles. The lowest BCUT2D eigenvalue weighted by atomic mass is 10.0. The number of nitrogens with one attached hydrogen (secondary N) is 3. The first-order valence-electron chi connectivity index (χ1n) is 31.6. The lowest BCUT2D eigenvalue weighted by molar-refractivity contribution is -0.227. The van der Waals surface area contributed by atoms with Crippen LogP contribution in [0.2, 0.25) is 0 Å². The Hall–Kier alpha value is -3.23. The summed E-state index contributed by atoms with van der Waals surface area (Å²) in [4.78, 5) is 57.7. The molecule has 0 aliphatic carbocycles. The summed E-state index contributed by atoms with van der Waals surface area (Å²) in [5, 5.41) is 5.52. The van der Waals surface area contributed by atoms with Crippen molar-refractivity contribution < 1.29 is 47.6 Å². The SMILES string of the molecule is CCCCCCCCCCC(CCCCC(=O)OCCCCCCCCC)OCC(C)(OCCCCCCCC(=O)OC(CCCCCCCC)CCCCCCCC)OC(=O)NCCOCCNC(=O)c1c[nH]cn1. The Morgan fingerprint density at radius 1 is 0.513 bits per heavy atom. The van der Waals surface area contributed by atoms with E-state index < -0.39 is 11.9 Å². The third-order valence-corrected chi connectivity index (χ3v) is 14.2. The number of H-pyrrole nitrogens is 1.